The molecule has 2 amide bonds. The summed E-state index contributed by atoms with van der Waals surface area (Å²) in [5.74, 6) is 6.01. The first-order chi connectivity index (χ1) is 15.0. The maximum absolute atomic E-state index is 11.8. The van der Waals surface area contributed by atoms with Crippen molar-refractivity contribution >= 4 is 12.0 Å². The smallest absolute Gasteiger partial charge is 0.407 e. The molecular formula is C26H30N2O3. The van der Waals surface area contributed by atoms with Gasteiger partial charge in [-0.3, -0.25) is 4.79 Å². The van der Waals surface area contributed by atoms with Crippen LogP contribution in [-0.2, 0) is 35.4 Å². The van der Waals surface area contributed by atoms with Crippen molar-refractivity contribution < 1.29 is 14.3 Å². The number of hydrogen-bond acceptors (Lipinski definition) is 3. The molecule has 3 rings (SSSR count). The number of carbonyl (C=O) groups is 2. The maximum atomic E-state index is 11.8. The summed E-state index contributed by atoms with van der Waals surface area (Å²) in [6.45, 7) is 2.57. The number of amides is 2. The third-order valence-electron chi connectivity index (χ3n) is 5.60. The van der Waals surface area contributed by atoms with Crippen molar-refractivity contribution in [2.45, 2.75) is 52.1 Å². The monoisotopic (exact) mass is 418 g/mol. The molecule has 5 heteroatoms. The van der Waals surface area contributed by atoms with Gasteiger partial charge in [0.15, 0.2) is 0 Å². The Hall–Kier alpha value is -3.26. The first-order valence-electron chi connectivity index (χ1n) is 10.9. The van der Waals surface area contributed by atoms with Gasteiger partial charge in [0.25, 0.3) is 0 Å². The lowest BCUT2D eigenvalue weighted by molar-refractivity contribution is -0.121. The lowest BCUT2D eigenvalue weighted by Gasteiger charge is -2.22. The van der Waals surface area contributed by atoms with Crippen LogP contribution in [0.5, 0.6) is 0 Å². The van der Waals surface area contributed by atoms with Crippen molar-refractivity contribution in [1.82, 2.24) is 5.32 Å². The number of hydrogen-bond donors (Lipinski definition) is 2. The van der Waals surface area contributed by atoms with E-state index in [-0.39, 0.29) is 18.4 Å². The number of ether oxygens (including phenoxy) is 1. The van der Waals surface area contributed by atoms with E-state index < -0.39 is 6.09 Å². The van der Waals surface area contributed by atoms with Crippen LogP contribution >= 0.6 is 0 Å². The minimum atomic E-state index is -0.434. The molecular weight excluding hydrogens is 388 g/mol. The molecule has 31 heavy (non-hydrogen) atoms. The molecule has 1 aliphatic rings. The van der Waals surface area contributed by atoms with E-state index in [1.54, 1.807) is 0 Å². The molecule has 0 unspecified atom stereocenters. The average molecular weight is 419 g/mol. The summed E-state index contributed by atoms with van der Waals surface area (Å²) in [6, 6.07) is 13.7. The molecule has 0 radical (unpaired) electrons. The van der Waals surface area contributed by atoms with Crippen molar-refractivity contribution in [3.63, 3.8) is 0 Å². The fourth-order valence-electron chi connectivity index (χ4n) is 3.84. The Morgan fingerprint density at radius 1 is 1.10 bits per heavy atom. The van der Waals surface area contributed by atoms with Crippen LogP contribution in [-0.4, -0.2) is 18.5 Å². The Bertz CT molecular complexity index is 973. The lowest BCUT2D eigenvalue weighted by Crippen LogP contribution is -2.24. The number of nitrogens with two attached hydrogens (primary N) is 1. The fourth-order valence-corrected chi connectivity index (χ4v) is 3.84. The van der Waals surface area contributed by atoms with Gasteiger partial charge in [0.05, 0.1) is 0 Å². The van der Waals surface area contributed by atoms with Crippen molar-refractivity contribution in [3.05, 3.63) is 70.3 Å². The van der Waals surface area contributed by atoms with Gasteiger partial charge in [-0.1, -0.05) is 55.2 Å². The van der Waals surface area contributed by atoms with Crippen LogP contribution in [0.25, 0.3) is 0 Å². The van der Waals surface area contributed by atoms with Crippen molar-refractivity contribution in [2.75, 3.05) is 6.54 Å². The molecule has 5 nitrogen and oxygen atoms in total. The molecule has 162 valence electrons. The van der Waals surface area contributed by atoms with Gasteiger partial charge in [-0.2, -0.15) is 0 Å². The van der Waals surface area contributed by atoms with Gasteiger partial charge in [-0.25, -0.2) is 4.79 Å². The van der Waals surface area contributed by atoms with Crippen molar-refractivity contribution in [3.8, 4) is 11.8 Å². The lowest BCUT2D eigenvalue weighted by atomic mass is 9.83. The molecule has 2 aromatic rings. The molecule has 0 aliphatic heterocycles. The summed E-state index contributed by atoms with van der Waals surface area (Å²) in [6.07, 6.45) is 5.16. The molecule has 0 spiro atoms. The largest absolute Gasteiger partial charge is 0.445 e. The van der Waals surface area contributed by atoms with Crippen LogP contribution in [0.2, 0.25) is 0 Å². The number of rotatable bonds is 7. The normalized spacial score (nSPS) is 13.3. The van der Waals surface area contributed by atoms with Gasteiger partial charge < -0.3 is 15.8 Å². The van der Waals surface area contributed by atoms with Gasteiger partial charge in [0, 0.05) is 24.4 Å². The molecule has 0 heterocycles. The summed E-state index contributed by atoms with van der Waals surface area (Å²) in [5.41, 5.74) is 11.3. The number of nitrogens with one attached hydrogen (secondary N) is 1. The summed E-state index contributed by atoms with van der Waals surface area (Å²) in [5, 5.41) is 2.74. The molecule has 0 aromatic heterocycles. The third kappa shape index (κ3) is 6.62. The van der Waals surface area contributed by atoms with E-state index in [2.05, 4.69) is 29.3 Å². The molecule has 0 saturated carbocycles. The second-order valence-electron chi connectivity index (χ2n) is 7.98. The Balaban J connectivity index is 1.53. The first-order valence-corrected chi connectivity index (χ1v) is 10.9. The van der Waals surface area contributed by atoms with Crippen LogP contribution in [0.3, 0.4) is 0 Å². The van der Waals surface area contributed by atoms with Crippen molar-refractivity contribution in [2.24, 2.45) is 11.7 Å². The Labute approximate surface area is 184 Å². The van der Waals surface area contributed by atoms with E-state index in [0.29, 0.717) is 19.4 Å². The highest BCUT2D eigenvalue weighted by Gasteiger charge is 2.19. The number of primary amides is 1. The van der Waals surface area contributed by atoms with Gasteiger partial charge in [-0.15, -0.1) is 0 Å². The second kappa shape index (κ2) is 11.2. The summed E-state index contributed by atoms with van der Waals surface area (Å²) < 4.78 is 5.20. The number of benzene rings is 2. The van der Waals surface area contributed by atoms with E-state index in [0.717, 1.165) is 36.8 Å². The Morgan fingerprint density at radius 3 is 2.58 bits per heavy atom. The maximum Gasteiger partial charge on any atom is 0.407 e. The quantitative estimate of drug-likeness (QED) is 0.529. The molecule has 0 bridgehead atoms. The fraction of sp³-hybridized carbons (Fsp3) is 0.385. The molecule has 0 saturated heterocycles. The van der Waals surface area contributed by atoms with E-state index in [4.69, 9.17) is 10.5 Å². The highest BCUT2D eigenvalue weighted by Crippen LogP contribution is 2.29. The highest BCUT2D eigenvalue weighted by atomic mass is 16.5. The Kier molecular flexibility index (Phi) is 8.12. The number of alkyl carbamates (subject to hydrolysis) is 1. The minimum absolute atomic E-state index is 0.171. The van der Waals surface area contributed by atoms with Crippen LogP contribution in [0.4, 0.5) is 4.79 Å². The Morgan fingerprint density at radius 2 is 1.84 bits per heavy atom. The molecule has 3 N–H and O–H groups in total. The second-order valence-corrected chi connectivity index (χ2v) is 7.98. The van der Waals surface area contributed by atoms with Crippen LogP contribution in [0, 0.1) is 17.8 Å². The third-order valence-corrected chi connectivity index (χ3v) is 5.60. The van der Waals surface area contributed by atoms with Crippen molar-refractivity contribution in [1.29, 1.82) is 0 Å². The molecule has 0 fully saturated rings. The molecule has 2 aromatic carbocycles. The van der Waals surface area contributed by atoms with Crippen LogP contribution < -0.4 is 11.1 Å². The topological polar surface area (TPSA) is 81.4 Å². The van der Waals surface area contributed by atoms with E-state index in [9.17, 15) is 9.59 Å². The predicted octanol–water partition coefficient (Wildman–Crippen LogP) is 3.90. The zero-order valence-electron chi connectivity index (χ0n) is 18.1. The van der Waals surface area contributed by atoms with Gasteiger partial charge >= 0.3 is 6.09 Å². The summed E-state index contributed by atoms with van der Waals surface area (Å²) in [4.78, 5) is 23.3. The van der Waals surface area contributed by atoms with E-state index >= 15 is 0 Å². The SMILES string of the molecule is C[C@@H](Cc1ccc(C#CCCNC(=O)OCc2ccccc2)c2c1CCCC2)C(N)=O. The predicted molar refractivity (Wildman–Crippen MR) is 121 cm³/mol. The highest BCUT2D eigenvalue weighted by molar-refractivity contribution is 5.76. The first kappa shape index (κ1) is 22.4. The van der Waals surface area contributed by atoms with Crippen LogP contribution in [0.1, 0.15) is 54.0 Å². The van der Waals surface area contributed by atoms with Crippen LogP contribution in [0.15, 0.2) is 42.5 Å². The zero-order valence-corrected chi connectivity index (χ0v) is 18.1. The number of carbonyl (C=O) groups excluding carboxylic acids is 2. The molecule has 1 aliphatic carbocycles. The van der Waals surface area contributed by atoms with Gasteiger partial charge in [0.2, 0.25) is 5.91 Å². The standard InChI is InChI=1S/C26H30N2O3/c1-19(25(27)29)17-22-15-14-21(23-12-5-6-13-24(22)23)11-7-8-16-28-26(30)31-18-20-9-3-2-4-10-20/h2-4,9-10,14-15,19H,5-6,8,12-13,16-18H2,1H3,(H2,27,29)(H,28,30)/t19-/m0/s1. The van der Waals surface area contributed by atoms with E-state index in [1.807, 2.05) is 37.3 Å². The molecule has 1 atom stereocenters. The van der Waals surface area contributed by atoms with Gasteiger partial charge in [0.1, 0.15) is 6.61 Å². The van der Waals surface area contributed by atoms with Gasteiger partial charge in [-0.05, 0) is 60.4 Å². The summed E-state index contributed by atoms with van der Waals surface area (Å²) >= 11 is 0. The average Bonchev–Trinajstić information content (AvgIpc) is 2.79. The minimum Gasteiger partial charge on any atom is -0.445 e. The zero-order chi connectivity index (χ0) is 22.1. The van der Waals surface area contributed by atoms with E-state index in [1.165, 1.54) is 16.7 Å². The number of fused-ring (bicyclic) bond motifs is 1. The summed E-state index contributed by atoms with van der Waals surface area (Å²) in [7, 11) is 0.